The Labute approximate surface area is 413 Å². The zero-order chi connectivity index (χ0) is 53.9. The van der Waals surface area contributed by atoms with Crippen molar-refractivity contribution in [3.63, 3.8) is 0 Å². The largest absolute Gasteiger partial charge is 0.395 e. The van der Waals surface area contributed by atoms with E-state index in [0.717, 1.165) is 42.7 Å². The second-order valence-corrected chi connectivity index (χ2v) is 22.8. The maximum absolute atomic E-state index is 12.7. The Morgan fingerprint density at radius 3 is 1.19 bits per heavy atom. The molecule has 0 unspecified atom stereocenters. The molecule has 0 aliphatic heterocycles. The van der Waals surface area contributed by atoms with Gasteiger partial charge in [0.1, 0.15) is 25.9 Å². The number of aliphatic hydroxyl groups is 2. The molecule has 0 bridgehead atoms. The second kappa shape index (κ2) is 21.2. The zero-order valence-electron chi connectivity index (χ0n) is 36.0. The van der Waals surface area contributed by atoms with Gasteiger partial charge in [-0.1, -0.05) is 24.3 Å². The lowest BCUT2D eigenvalue weighted by Gasteiger charge is -2.22. The molecule has 0 radical (unpaired) electrons. The van der Waals surface area contributed by atoms with E-state index in [2.05, 4.69) is 51.2 Å². The van der Waals surface area contributed by atoms with Crippen molar-refractivity contribution in [3.05, 3.63) is 90.3 Å². The van der Waals surface area contributed by atoms with Crippen molar-refractivity contribution >= 4 is 125 Å². The Bertz CT molecular complexity index is 3870. The Balaban J connectivity index is 1.32. The van der Waals surface area contributed by atoms with Crippen molar-refractivity contribution in [2.24, 2.45) is 0 Å². The summed E-state index contributed by atoms with van der Waals surface area (Å²) in [5.41, 5.74) is -2.14. The highest BCUT2D eigenvalue weighted by Crippen LogP contribution is 2.32. The molecule has 12 N–H and O–H groups in total. The van der Waals surface area contributed by atoms with Crippen molar-refractivity contribution in [2.45, 2.75) is 29.4 Å². The van der Waals surface area contributed by atoms with Gasteiger partial charge in [0.15, 0.2) is 0 Å². The van der Waals surface area contributed by atoms with Crippen LogP contribution in [0.15, 0.2) is 108 Å². The maximum Gasteiger partial charge on any atom is 0.296 e. The average Bonchev–Trinajstić information content (AvgIpc) is 3.27. The standard InChI is InChI=1S/C36H35N11O20S6/c48-13-11-47(12-14-49)36-45-34(44-35(46-36)42-27-18-25(69(53,54)55)8-10-29(27)71(59,60)61)40-23-6-4-21(31(16-23)73(65,66)67)2-1-20-3-5-22(15-30(20)72(62,63)64)39-32-37-19-38-33(43-32)41-26-17-24(68(50,51)52)7-9-28(26)70(56,57)58/h1-10,15-19,48-49H,11-14H2,(H,50,51,52)(H,53,54,55)(H,56,57,58)(H,59,60,61)(H,62,63,64)(H,65,66,67)(H2,37,38,39,41,43)(H2,40,42,44,45,46)/b2-1+. The molecule has 0 saturated heterocycles. The van der Waals surface area contributed by atoms with Crippen LogP contribution in [0.25, 0.3) is 12.2 Å². The van der Waals surface area contributed by atoms with Gasteiger partial charge in [-0.25, -0.2) is 9.97 Å². The molecule has 2 aromatic heterocycles. The Morgan fingerprint density at radius 1 is 0.425 bits per heavy atom. The number of benzene rings is 4. The number of rotatable bonds is 21. The van der Waals surface area contributed by atoms with Crippen LogP contribution >= 0.6 is 0 Å². The first kappa shape index (κ1) is 55.3. The number of nitrogens with zero attached hydrogens (tertiary/aromatic N) is 7. The fourth-order valence-electron chi connectivity index (χ4n) is 6.20. The summed E-state index contributed by atoms with van der Waals surface area (Å²) < 4.78 is 205. The fourth-order valence-corrected chi connectivity index (χ4v) is 9.89. The van der Waals surface area contributed by atoms with E-state index in [9.17, 15) is 88.0 Å². The predicted molar refractivity (Wildman–Crippen MR) is 253 cm³/mol. The summed E-state index contributed by atoms with van der Waals surface area (Å²) in [6.07, 6.45) is 2.94. The molecule has 6 rings (SSSR count). The molecule has 0 aliphatic carbocycles. The number of anilines is 9. The molecule has 0 atom stereocenters. The van der Waals surface area contributed by atoms with E-state index >= 15 is 0 Å². The van der Waals surface area contributed by atoms with Crippen LogP contribution < -0.4 is 26.2 Å². The Kier molecular flexibility index (Phi) is 16.1. The molecular formula is C36H35N11O20S6. The minimum absolute atomic E-state index is 0.121. The lowest BCUT2D eigenvalue weighted by molar-refractivity contribution is 0.280. The predicted octanol–water partition coefficient (Wildman–Crippen LogP) is 1.47. The minimum Gasteiger partial charge on any atom is -0.395 e. The quantitative estimate of drug-likeness (QED) is 0.0359. The average molecular weight is 1130 g/mol. The van der Waals surface area contributed by atoms with E-state index in [1.807, 2.05) is 0 Å². The SMILES string of the molecule is O=S(=O)(O)c1ccc(S(=O)(=O)O)c(Nc2ncnc(Nc3ccc(/C=C/c4ccc(Nc5nc(Nc6cc(S(=O)(=O)O)ccc6S(=O)(=O)O)nc(N(CCO)CCO)n5)cc4S(=O)(=O)O)c(S(=O)(=O)O)c3)n2)c1. The molecule has 0 amide bonds. The molecular weight excluding hydrogens is 1100 g/mol. The van der Waals surface area contributed by atoms with Crippen LogP contribution in [0.1, 0.15) is 11.1 Å². The van der Waals surface area contributed by atoms with Crippen LogP contribution in [-0.4, -0.2) is 144 Å². The van der Waals surface area contributed by atoms with Crippen LogP contribution in [0.2, 0.25) is 0 Å². The van der Waals surface area contributed by atoms with Gasteiger partial charge < -0.3 is 36.4 Å². The highest BCUT2D eigenvalue weighted by molar-refractivity contribution is 7.87. The minimum atomic E-state index is -5.15. The normalized spacial score (nSPS) is 12.7. The molecule has 31 nitrogen and oxygen atoms in total. The molecule has 0 aliphatic rings. The molecule has 6 aromatic rings. The van der Waals surface area contributed by atoms with Gasteiger partial charge in [0, 0.05) is 24.5 Å². The third-order valence-corrected chi connectivity index (χ3v) is 14.6. The third kappa shape index (κ3) is 14.4. The molecule has 0 spiro atoms. The van der Waals surface area contributed by atoms with Crippen LogP contribution in [0, 0.1) is 0 Å². The molecule has 390 valence electrons. The molecule has 4 aromatic carbocycles. The van der Waals surface area contributed by atoms with E-state index < -0.39 is 133 Å². The lowest BCUT2D eigenvalue weighted by Crippen LogP contribution is -2.31. The van der Waals surface area contributed by atoms with Gasteiger partial charge in [-0.05, 0) is 71.8 Å². The summed E-state index contributed by atoms with van der Waals surface area (Å²) in [5.74, 6) is -2.24. The van der Waals surface area contributed by atoms with Gasteiger partial charge in [0.2, 0.25) is 29.7 Å². The number of hydrogen-bond donors (Lipinski definition) is 12. The van der Waals surface area contributed by atoms with Crippen molar-refractivity contribution in [1.29, 1.82) is 0 Å². The van der Waals surface area contributed by atoms with Crippen molar-refractivity contribution in [3.8, 4) is 0 Å². The van der Waals surface area contributed by atoms with Crippen molar-refractivity contribution < 1.29 is 88.0 Å². The van der Waals surface area contributed by atoms with Gasteiger partial charge >= 0.3 is 0 Å². The van der Waals surface area contributed by atoms with Crippen LogP contribution in [-0.2, 0) is 60.7 Å². The highest BCUT2D eigenvalue weighted by atomic mass is 32.2. The van der Waals surface area contributed by atoms with Gasteiger partial charge in [-0.3, -0.25) is 27.3 Å². The van der Waals surface area contributed by atoms with Crippen LogP contribution in [0.4, 0.5) is 52.5 Å². The third-order valence-electron chi connectivity index (χ3n) is 9.30. The molecule has 0 fully saturated rings. The number of aliphatic hydroxyl groups excluding tert-OH is 2. The van der Waals surface area contributed by atoms with Crippen LogP contribution in [0.3, 0.4) is 0 Å². The topological polar surface area (TPSA) is 495 Å². The number of hydrogen-bond acceptors (Lipinski definition) is 25. The first-order chi connectivity index (χ1) is 33.8. The molecule has 2 heterocycles. The fraction of sp³-hybridized carbons (Fsp3) is 0.111. The molecule has 0 saturated carbocycles. The van der Waals surface area contributed by atoms with Gasteiger partial charge in [-0.2, -0.15) is 70.4 Å². The van der Waals surface area contributed by atoms with E-state index in [-0.39, 0.29) is 47.5 Å². The van der Waals surface area contributed by atoms with E-state index in [0.29, 0.717) is 36.4 Å². The monoisotopic (exact) mass is 1130 g/mol. The number of aromatic nitrogens is 6. The number of nitrogens with one attached hydrogen (secondary N) is 4. The highest BCUT2D eigenvalue weighted by Gasteiger charge is 2.25. The smallest absolute Gasteiger partial charge is 0.296 e. The van der Waals surface area contributed by atoms with Crippen molar-refractivity contribution in [1.82, 2.24) is 29.9 Å². The summed E-state index contributed by atoms with van der Waals surface area (Å²) >= 11 is 0. The van der Waals surface area contributed by atoms with Crippen molar-refractivity contribution in [2.75, 3.05) is 52.5 Å². The maximum atomic E-state index is 12.7. The lowest BCUT2D eigenvalue weighted by atomic mass is 10.1. The first-order valence-corrected chi connectivity index (χ1v) is 28.1. The van der Waals surface area contributed by atoms with Gasteiger partial charge in [0.25, 0.3) is 60.7 Å². The Morgan fingerprint density at radius 2 is 0.795 bits per heavy atom. The summed E-state index contributed by atoms with van der Waals surface area (Å²) in [7, 11) is -30.1. The van der Waals surface area contributed by atoms with Gasteiger partial charge in [0.05, 0.1) is 34.4 Å². The summed E-state index contributed by atoms with van der Waals surface area (Å²) in [4.78, 5) is 20.2. The Hall–Kier alpha value is -6.98. The summed E-state index contributed by atoms with van der Waals surface area (Å²) in [5, 5.41) is 29.3. The van der Waals surface area contributed by atoms with E-state index in [1.165, 1.54) is 17.0 Å². The summed E-state index contributed by atoms with van der Waals surface area (Å²) in [6, 6.07) is 10.4. The summed E-state index contributed by atoms with van der Waals surface area (Å²) in [6.45, 7) is -1.47. The first-order valence-electron chi connectivity index (χ1n) is 19.4. The van der Waals surface area contributed by atoms with Crippen LogP contribution in [0.5, 0.6) is 0 Å². The van der Waals surface area contributed by atoms with E-state index in [1.54, 1.807) is 0 Å². The second-order valence-electron chi connectivity index (χ2n) is 14.4. The molecule has 37 heteroatoms. The molecule has 73 heavy (non-hydrogen) atoms. The van der Waals surface area contributed by atoms with E-state index in [4.69, 9.17) is 0 Å². The van der Waals surface area contributed by atoms with Gasteiger partial charge in [-0.15, -0.1) is 0 Å². The zero-order valence-corrected chi connectivity index (χ0v) is 40.9.